The molecule has 0 bridgehead atoms. The van der Waals surface area contributed by atoms with Crippen molar-refractivity contribution in [2.24, 2.45) is 0 Å². The van der Waals surface area contributed by atoms with Crippen LogP contribution >= 0.6 is 0 Å². The lowest BCUT2D eigenvalue weighted by Crippen LogP contribution is -2.26. The normalized spacial score (nSPS) is 12.4. The highest BCUT2D eigenvalue weighted by molar-refractivity contribution is 5.30. The monoisotopic (exact) mass is 272 g/mol. The molecule has 106 valence electrons. The van der Waals surface area contributed by atoms with Gasteiger partial charge in [-0.05, 0) is 33.3 Å². The molecule has 1 aromatic heterocycles. The van der Waals surface area contributed by atoms with E-state index in [-0.39, 0.29) is 12.1 Å². The molecular weight excluding hydrogens is 252 g/mol. The molecule has 0 unspecified atom stereocenters. The molecule has 20 heavy (non-hydrogen) atoms. The van der Waals surface area contributed by atoms with Gasteiger partial charge in [0.05, 0.1) is 19.0 Å². The summed E-state index contributed by atoms with van der Waals surface area (Å²) in [5.41, 5.74) is 4.29. The molecule has 0 saturated carbocycles. The number of aliphatic hydroxyl groups is 1. The summed E-state index contributed by atoms with van der Waals surface area (Å²) in [6.07, 6.45) is 0.784. The van der Waals surface area contributed by atoms with Crippen LogP contribution in [0.5, 0.6) is 0 Å². The van der Waals surface area contributed by atoms with E-state index in [1.165, 1.54) is 10.9 Å². The van der Waals surface area contributed by atoms with Gasteiger partial charge in [-0.25, -0.2) is 4.98 Å². The number of aliphatic hydroxyl groups excluding tert-OH is 1. The fourth-order valence-corrected chi connectivity index (χ4v) is 2.30. The van der Waals surface area contributed by atoms with Gasteiger partial charge in [-0.2, -0.15) is 0 Å². The molecule has 0 saturated heterocycles. The third kappa shape index (κ3) is 2.96. The third-order valence-corrected chi connectivity index (χ3v) is 3.51. The number of rotatable bonds is 3. The van der Waals surface area contributed by atoms with Gasteiger partial charge in [-0.3, -0.25) is 9.36 Å². The second-order valence-corrected chi connectivity index (χ2v) is 5.35. The number of nitrogens with zero attached hydrogens (tertiary/aromatic N) is 2. The summed E-state index contributed by atoms with van der Waals surface area (Å²) in [6.45, 7) is 7.77. The molecule has 2 rings (SSSR count). The van der Waals surface area contributed by atoms with Crippen LogP contribution in [0.4, 0.5) is 0 Å². The van der Waals surface area contributed by atoms with Crippen LogP contribution in [-0.2, 0) is 6.54 Å². The summed E-state index contributed by atoms with van der Waals surface area (Å²) in [7, 11) is 0. The fraction of sp³-hybridized carbons (Fsp3) is 0.375. The van der Waals surface area contributed by atoms with Crippen LogP contribution in [0.25, 0.3) is 0 Å². The maximum atomic E-state index is 12.1. The molecule has 4 heteroatoms. The van der Waals surface area contributed by atoms with Crippen LogP contribution < -0.4 is 5.56 Å². The minimum absolute atomic E-state index is 0.0964. The van der Waals surface area contributed by atoms with Crippen LogP contribution in [0, 0.1) is 27.7 Å². The fourth-order valence-electron chi connectivity index (χ4n) is 2.30. The van der Waals surface area contributed by atoms with Gasteiger partial charge in [0.2, 0.25) is 0 Å². The first-order valence-electron chi connectivity index (χ1n) is 6.67. The third-order valence-electron chi connectivity index (χ3n) is 3.51. The van der Waals surface area contributed by atoms with Gasteiger partial charge in [-0.1, -0.05) is 29.3 Å². The Labute approximate surface area is 118 Å². The number of aromatic nitrogens is 2. The van der Waals surface area contributed by atoms with Crippen molar-refractivity contribution in [3.63, 3.8) is 0 Å². The van der Waals surface area contributed by atoms with E-state index in [1.807, 2.05) is 26.0 Å². The standard InChI is InChI=1S/C16H20N2O2/c1-10-5-11(2)7-14(6-10)15(19)8-18-9-17-13(4)12(3)16(18)20/h5-7,9,15,19H,8H2,1-4H3/t15-/m0/s1. The van der Waals surface area contributed by atoms with E-state index < -0.39 is 6.10 Å². The highest BCUT2D eigenvalue weighted by Gasteiger charge is 2.12. The molecule has 1 atom stereocenters. The molecule has 1 aromatic carbocycles. The number of aryl methyl sites for hydroxylation is 3. The molecule has 4 nitrogen and oxygen atoms in total. The maximum Gasteiger partial charge on any atom is 0.256 e. The maximum absolute atomic E-state index is 12.1. The van der Waals surface area contributed by atoms with E-state index in [0.717, 1.165) is 22.4 Å². The van der Waals surface area contributed by atoms with Gasteiger partial charge in [0, 0.05) is 11.3 Å². The number of benzene rings is 1. The highest BCUT2D eigenvalue weighted by Crippen LogP contribution is 2.18. The van der Waals surface area contributed by atoms with E-state index in [0.29, 0.717) is 5.56 Å². The van der Waals surface area contributed by atoms with Crippen molar-refractivity contribution in [2.75, 3.05) is 0 Å². The van der Waals surface area contributed by atoms with Gasteiger partial charge in [0.15, 0.2) is 0 Å². The second-order valence-electron chi connectivity index (χ2n) is 5.35. The van der Waals surface area contributed by atoms with E-state index in [4.69, 9.17) is 0 Å². The summed E-state index contributed by atoms with van der Waals surface area (Å²) < 4.78 is 1.46. The average Bonchev–Trinajstić information content (AvgIpc) is 2.38. The van der Waals surface area contributed by atoms with Crippen molar-refractivity contribution < 1.29 is 5.11 Å². The molecule has 0 amide bonds. The Morgan fingerprint density at radius 1 is 1.15 bits per heavy atom. The van der Waals surface area contributed by atoms with Gasteiger partial charge in [0.25, 0.3) is 5.56 Å². The first-order chi connectivity index (χ1) is 9.38. The Morgan fingerprint density at radius 2 is 1.75 bits per heavy atom. The van der Waals surface area contributed by atoms with Crippen LogP contribution in [0.1, 0.15) is 34.1 Å². The zero-order valence-electron chi connectivity index (χ0n) is 12.3. The predicted molar refractivity (Wildman–Crippen MR) is 78.8 cm³/mol. The predicted octanol–water partition coefficient (Wildman–Crippen LogP) is 2.21. The van der Waals surface area contributed by atoms with Crippen molar-refractivity contribution in [3.8, 4) is 0 Å². The lowest BCUT2D eigenvalue weighted by atomic mass is 10.0. The highest BCUT2D eigenvalue weighted by atomic mass is 16.3. The van der Waals surface area contributed by atoms with Gasteiger partial charge in [0.1, 0.15) is 0 Å². The van der Waals surface area contributed by atoms with Gasteiger partial charge >= 0.3 is 0 Å². The lowest BCUT2D eigenvalue weighted by Gasteiger charge is -2.15. The van der Waals surface area contributed by atoms with E-state index in [9.17, 15) is 9.90 Å². The molecule has 2 aromatic rings. The minimum Gasteiger partial charge on any atom is -0.387 e. The minimum atomic E-state index is -0.713. The zero-order chi connectivity index (χ0) is 14.9. The summed E-state index contributed by atoms with van der Waals surface area (Å²) in [5.74, 6) is 0. The summed E-state index contributed by atoms with van der Waals surface area (Å²) in [6, 6.07) is 5.94. The van der Waals surface area contributed by atoms with Crippen LogP contribution in [0.15, 0.2) is 29.3 Å². The molecular formula is C16H20N2O2. The van der Waals surface area contributed by atoms with E-state index >= 15 is 0 Å². The first-order valence-corrected chi connectivity index (χ1v) is 6.67. The van der Waals surface area contributed by atoms with Crippen molar-refractivity contribution in [1.82, 2.24) is 9.55 Å². The van der Waals surface area contributed by atoms with Crippen LogP contribution in [0.3, 0.4) is 0 Å². The Kier molecular flexibility index (Phi) is 4.04. The SMILES string of the molecule is Cc1cc(C)cc([C@@H](O)Cn2cnc(C)c(C)c2=O)c1. The van der Waals surface area contributed by atoms with Crippen molar-refractivity contribution in [1.29, 1.82) is 0 Å². The first kappa shape index (κ1) is 14.5. The topological polar surface area (TPSA) is 55.1 Å². The smallest absolute Gasteiger partial charge is 0.256 e. The van der Waals surface area contributed by atoms with E-state index in [1.54, 1.807) is 13.8 Å². The Hall–Kier alpha value is -1.94. The molecule has 0 aliphatic rings. The summed E-state index contributed by atoms with van der Waals surface area (Å²) in [5, 5.41) is 10.3. The Balaban J connectivity index is 2.30. The number of hydrogen-bond donors (Lipinski definition) is 1. The molecule has 0 aliphatic carbocycles. The Bertz CT molecular complexity index is 669. The molecule has 0 aliphatic heterocycles. The largest absolute Gasteiger partial charge is 0.387 e. The molecule has 0 fully saturated rings. The summed E-state index contributed by atoms with van der Waals surface area (Å²) >= 11 is 0. The van der Waals surface area contributed by atoms with Crippen molar-refractivity contribution in [2.45, 2.75) is 40.3 Å². The molecule has 0 radical (unpaired) electrons. The lowest BCUT2D eigenvalue weighted by molar-refractivity contribution is 0.154. The molecule has 1 N–H and O–H groups in total. The Morgan fingerprint density at radius 3 is 2.35 bits per heavy atom. The quantitative estimate of drug-likeness (QED) is 0.932. The second kappa shape index (κ2) is 5.59. The zero-order valence-corrected chi connectivity index (χ0v) is 12.3. The number of hydrogen-bond acceptors (Lipinski definition) is 3. The van der Waals surface area contributed by atoms with Gasteiger partial charge in [-0.15, -0.1) is 0 Å². The summed E-state index contributed by atoms with van der Waals surface area (Å²) in [4.78, 5) is 16.3. The average molecular weight is 272 g/mol. The van der Waals surface area contributed by atoms with Gasteiger partial charge < -0.3 is 5.11 Å². The molecule has 0 spiro atoms. The van der Waals surface area contributed by atoms with Crippen LogP contribution in [-0.4, -0.2) is 14.7 Å². The van der Waals surface area contributed by atoms with Crippen LogP contribution in [0.2, 0.25) is 0 Å². The van der Waals surface area contributed by atoms with Crippen molar-refractivity contribution >= 4 is 0 Å². The van der Waals surface area contributed by atoms with Crippen molar-refractivity contribution in [3.05, 3.63) is 62.8 Å². The van der Waals surface area contributed by atoms with E-state index in [2.05, 4.69) is 11.1 Å². The molecule has 1 heterocycles.